The van der Waals surface area contributed by atoms with Crippen LogP contribution in [0.5, 0.6) is 0 Å². The standard InChI is InChI=1S/C20H30Cl2N2O3S/c1-13(2)19(14(3)4)23-20(25)16-7-9-24(10-8-16)28(26,27)12-15-5-6-17(21)18(22)11-15/h5-6,11,13-14,16,19H,7-10,12H2,1-4H3,(H,23,25). The first kappa shape index (κ1) is 23.5. The molecule has 1 fully saturated rings. The van der Waals surface area contributed by atoms with Gasteiger partial charge < -0.3 is 5.32 Å². The normalized spacial score (nSPS) is 16.9. The zero-order valence-corrected chi connectivity index (χ0v) is 19.2. The summed E-state index contributed by atoms with van der Waals surface area (Å²) in [6.45, 7) is 9.12. The first-order chi connectivity index (χ1) is 13.0. The highest BCUT2D eigenvalue weighted by molar-refractivity contribution is 7.88. The van der Waals surface area contributed by atoms with Crippen molar-refractivity contribution in [3.63, 3.8) is 0 Å². The van der Waals surface area contributed by atoms with Crippen molar-refractivity contribution in [1.82, 2.24) is 9.62 Å². The summed E-state index contributed by atoms with van der Waals surface area (Å²) in [5.41, 5.74) is 0.603. The van der Waals surface area contributed by atoms with Crippen molar-refractivity contribution in [3.05, 3.63) is 33.8 Å². The highest BCUT2D eigenvalue weighted by Crippen LogP contribution is 2.26. The van der Waals surface area contributed by atoms with Crippen LogP contribution in [0.4, 0.5) is 0 Å². The van der Waals surface area contributed by atoms with Crippen molar-refractivity contribution < 1.29 is 13.2 Å². The lowest BCUT2D eigenvalue weighted by molar-refractivity contribution is -0.127. The lowest BCUT2D eigenvalue weighted by Crippen LogP contribution is -2.48. The number of nitrogens with zero attached hydrogens (tertiary/aromatic N) is 1. The van der Waals surface area contributed by atoms with Gasteiger partial charge in [-0.15, -0.1) is 0 Å². The van der Waals surface area contributed by atoms with Crippen molar-refractivity contribution in [2.75, 3.05) is 13.1 Å². The highest BCUT2D eigenvalue weighted by atomic mass is 35.5. The quantitative estimate of drug-likeness (QED) is 0.674. The molecule has 0 unspecified atom stereocenters. The van der Waals surface area contributed by atoms with Crippen LogP contribution >= 0.6 is 23.2 Å². The zero-order chi connectivity index (χ0) is 21.1. The molecule has 28 heavy (non-hydrogen) atoms. The molecule has 1 N–H and O–H groups in total. The van der Waals surface area contributed by atoms with Gasteiger partial charge >= 0.3 is 0 Å². The fourth-order valence-electron chi connectivity index (χ4n) is 3.71. The van der Waals surface area contributed by atoms with E-state index in [0.717, 1.165) is 0 Å². The van der Waals surface area contributed by atoms with Crippen molar-refractivity contribution in [1.29, 1.82) is 0 Å². The number of piperidine rings is 1. The molecule has 1 saturated heterocycles. The molecule has 0 atom stereocenters. The van der Waals surface area contributed by atoms with Crippen molar-refractivity contribution in [3.8, 4) is 0 Å². The van der Waals surface area contributed by atoms with E-state index in [-0.39, 0.29) is 23.6 Å². The van der Waals surface area contributed by atoms with Gasteiger partial charge in [0.05, 0.1) is 15.8 Å². The Morgan fingerprint density at radius 1 is 1.11 bits per heavy atom. The average Bonchev–Trinajstić information content (AvgIpc) is 2.62. The van der Waals surface area contributed by atoms with Gasteiger partial charge in [0, 0.05) is 25.0 Å². The number of halogens is 2. The predicted molar refractivity (Wildman–Crippen MR) is 115 cm³/mol. The number of hydrogen-bond acceptors (Lipinski definition) is 3. The third-order valence-corrected chi connectivity index (χ3v) is 7.89. The van der Waals surface area contributed by atoms with E-state index in [0.29, 0.717) is 53.4 Å². The Balaban J connectivity index is 1.94. The van der Waals surface area contributed by atoms with E-state index in [2.05, 4.69) is 33.0 Å². The Hall–Kier alpha value is -0.820. The second-order valence-corrected chi connectivity index (χ2v) is 11.0. The van der Waals surface area contributed by atoms with Crippen molar-refractivity contribution in [2.45, 2.75) is 52.3 Å². The Morgan fingerprint density at radius 2 is 1.68 bits per heavy atom. The number of hydrogen-bond donors (Lipinski definition) is 1. The van der Waals surface area contributed by atoms with Gasteiger partial charge in [0.15, 0.2) is 0 Å². The summed E-state index contributed by atoms with van der Waals surface area (Å²) in [6.07, 6.45) is 1.07. The summed E-state index contributed by atoms with van der Waals surface area (Å²) in [6, 6.07) is 4.98. The van der Waals surface area contributed by atoms with Gasteiger partial charge in [-0.3, -0.25) is 4.79 Å². The largest absolute Gasteiger partial charge is 0.353 e. The summed E-state index contributed by atoms with van der Waals surface area (Å²) < 4.78 is 26.9. The Labute approximate surface area is 178 Å². The number of carbonyl (C=O) groups is 1. The van der Waals surface area contributed by atoms with Gasteiger partial charge in [-0.1, -0.05) is 57.0 Å². The lowest BCUT2D eigenvalue weighted by Gasteiger charge is -2.33. The van der Waals surface area contributed by atoms with E-state index >= 15 is 0 Å². The van der Waals surface area contributed by atoms with E-state index in [1.165, 1.54) is 4.31 Å². The van der Waals surface area contributed by atoms with Crippen LogP contribution in [0, 0.1) is 17.8 Å². The second-order valence-electron chi connectivity index (χ2n) is 8.20. The van der Waals surface area contributed by atoms with Gasteiger partial charge in [-0.05, 0) is 42.4 Å². The number of nitrogens with one attached hydrogen (secondary N) is 1. The summed E-state index contributed by atoms with van der Waals surface area (Å²) in [7, 11) is -3.47. The molecule has 0 aliphatic carbocycles. The number of benzene rings is 1. The molecule has 0 saturated carbocycles. The van der Waals surface area contributed by atoms with Gasteiger partial charge in [-0.25, -0.2) is 12.7 Å². The summed E-state index contributed by atoms with van der Waals surface area (Å²) in [5.74, 6) is 0.486. The molecule has 0 radical (unpaired) electrons. The van der Waals surface area contributed by atoms with E-state index in [1.54, 1.807) is 18.2 Å². The second kappa shape index (κ2) is 9.79. The van der Waals surface area contributed by atoms with E-state index in [1.807, 2.05) is 0 Å². The summed E-state index contributed by atoms with van der Waals surface area (Å²) in [4.78, 5) is 12.6. The molecule has 1 aromatic carbocycles. The van der Waals surface area contributed by atoms with Crippen LogP contribution in [0.3, 0.4) is 0 Å². The molecule has 1 aliphatic rings. The maximum absolute atomic E-state index is 12.7. The minimum Gasteiger partial charge on any atom is -0.353 e. The summed E-state index contributed by atoms with van der Waals surface area (Å²) >= 11 is 11.9. The van der Waals surface area contributed by atoms with Gasteiger partial charge in [-0.2, -0.15) is 0 Å². The van der Waals surface area contributed by atoms with Crippen LogP contribution in [0.2, 0.25) is 10.0 Å². The van der Waals surface area contributed by atoms with Gasteiger partial charge in [0.25, 0.3) is 0 Å². The highest BCUT2D eigenvalue weighted by Gasteiger charge is 2.32. The number of amides is 1. The maximum atomic E-state index is 12.7. The molecule has 5 nitrogen and oxygen atoms in total. The molecular weight excluding hydrogens is 419 g/mol. The first-order valence-electron chi connectivity index (χ1n) is 9.73. The fourth-order valence-corrected chi connectivity index (χ4v) is 5.58. The van der Waals surface area contributed by atoms with Crippen LogP contribution in [-0.4, -0.2) is 37.8 Å². The molecule has 1 aromatic rings. The number of sulfonamides is 1. The molecule has 1 aliphatic heterocycles. The third-order valence-electron chi connectivity index (χ3n) is 5.30. The topological polar surface area (TPSA) is 66.5 Å². The molecule has 1 heterocycles. The monoisotopic (exact) mass is 448 g/mol. The van der Waals surface area contributed by atoms with Crippen molar-refractivity contribution in [2.24, 2.45) is 17.8 Å². The number of carbonyl (C=O) groups excluding carboxylic acids is 1. The first-order valence-corrected chi connectivity index (χ1v) is 12.1. The van der Waals surface area contributed by atoms with Crippen LogP contribution in [0.1, 0.15) is 46.1 Å². The van der Waals surface area contributed by atoms with Crippen LogP contribution in [0.25, 0.3) is 0 Å². The predicted octanol–water partition coefficient (Wildman–Crippen LogP) is 4.33. The van der Waals surface area contributed by atoms with Crippen LogP contribution in [-0.2, 0) is 20.6 Å². The van der Waals surface area contributed by atoms with Gasteiger partial charge in [0.1, 0.15) is 0 Å². The Bertz CT molecular complexity index is 781. The molecule has 0 bridgehead atoms. The van der Waals surface area contributed by atoms with Gasteiger partial charge in [0.2, 0.25) is 15.9 Å². The maximum Gasteiger partial charge on any atom is 0.223 e. The summed E-state index contributed by atoms with van der Waals surface area (Å²) in [5, 5.41) is 3.90. The fraction of sp³-hybridized carbons (Fsp3) is 0.650. The van der Waals surface area contributed by atoms with Crippen molar-refractivity contribution >= 4 is 39.1 Å². The molecule has 1 amide bonds. The van der Waals surface area contributed by atoms with Crippen LogP contribution in [0.15, 0.2) is 18.2 Å². The molecule has 158 valence electrons. The molecule has 2 rings (SSSR count). The zero-order valence-electron chi connectivity index (χ0n) is 16.9. The van der Waals surface area contributed by atoms with E-state index in [9.17, 15) is 13.2 Å². The molecular formula is C20H30Cl2N2O3S. The molecule has 8 heteroatoms. The Morgan fingerprint density at radius 3 is 2.18 bits per heavy atom. The molecule has 0 spiro atoms. The SMILES string of the molecule is CC(C)C(NC(=O)C1CCN(S(=O)(=O)Cc2ccc(Cl)c(Cl)c2)CC1)C(C)C. The Kier molecular flexibility index (Phi) is 8.20. The minimum atomic E-state index is -3.47. The molecule has 0 aromatic heterocycles. The third kappa shape index (κ3) is 6.09. The minimum absolute atomic E-state index is 0.0360. The van der Waals surface area contributed by atoms with E-state index < -0.39 is 10.0 Å². The van der Waals surface area contributed by atoms with Crippen LogP contribution < -0.4 is 5.32 Å². The number of rotatable bonds is 7. The van der Waals surface area contributed by atoms with E-state index in [4.69, 9.17) is 23.2 Å². The average molecular weight is 449 g/mol. The smallest absolute Gasteiger partial charge is 0.223 e. The lowest BCUT2D eigenvalue weighted by atomic mass is 9.91.